The summed E-state index contributed by atoms with van der Waals surface area (Å²) in [6.45, 7) is 8.89. The zero-order chi connectivity index (χ0) is 13.5. The molecule has 102 valence electrons. The van der Waals surface area contributed by atoms with Crippen LogP contribution in [0.25, 0.3) is 0 Å². The Bertz CT molecular complexity index is 355. The van der Waals surface area contributed by atoms with Crippen molar-refractivity contribution in [1.82, 2.24) is 10.3 Å². The van der Waals surface area contributed by atoms with Crippen molar-refractivity contribution in [2.45, 2.75) is 52.4 Å². The molecule has 2 atom stereocenters. The minimum Gasteiger partial charge on any atom is -0.491 e. The van der Waals surface area contributed by atoms with Crippen LogP contribution in [0, 0.1) is 0 Å². The van der Waals surface area contributed by atoms with E-state index in [-0.39, 0.29) is 12.1 Å². The lowest BCUT2D eigenvalue weighted by Crippen LogP contribution is -2.33. The van der Waals surface area contributed by atoms with Crippen molar-refractivity contribution in [2.75, 3.05) is 6.54 Å². The molecular weight excluding hydrogens is 228 g/mol. The molecule has 0 saturated heterocycles. The highest BCUT2D eigenvalue weighted by Gasteiger charge is 2.20. The lowest BCUT2D eigenvalue weighted by molar-refractivity contribution is 0.128. The number of rotatable bonds is 7. The molecule has 4 heteroatoms. The van der Waals surface area contributed by atoms with Crippen molar-refractivity contribution in [1.29, 1.82) is 0 Å². The Morgan fingerprint density at radius 1 is 1.39 bits per heavy atom. The van der Waals surface area contributed by atoms with E-state index in [1.54, 1.807) is 18.5 Å². The van der Waals surface area contributed by atoms with Crippen molar-refractivity contribution in [3.63, 3.8) is 0 Å². The molecule has 0 radical (unpaired) electrons. The van der Waals surface area contributed by atoms with E-state index in [9.17, 15) is 5.11 Å². The topological polar surface area (TPSA) is 54.4 Å². The molecule has 0 aromatic carbocycles. The fourth-order valence-corrected chi connectivity index (χ4v) is 1.73. The molecule has 0 aliphatic carbocycles. The molecule has 4 nitrogen and oxygen atoms in total. The third-order valence-corrected chi connectivity index (χ3v) is 2.68. The van der Waals surface area contributed by atoms with Crippen molar-refractivity contribution >= 4 is 0 Å². The quantitative estimate of drug-likeness (QED) is 0.782. The van der Waals surface area contributed by atoms with Gasteiger partial charge in [0.05, 0.1) is 12.2 Å². The van der Waals surface area contributed by atoms with Crippen LogP contribution in [0.15, 0.2) is 18.5 Å². The van der Waals surface area contributed by atoms with Gasteiger partial charge in [-0.25, -0.2) is 0 Å². The second-order valence-electron chi connectivity index (χ2n) is 4.77. The summed E-state index contributed by atoms with van der Waals surface area (Å²) in [7, 11) is 0. The van der Waals surface area contributed by atoms with Gasteiger partial charge in [0, 0.05) is 24.0 Å². The average Bonchev–Trinajstić information content (AvgIpc) is 2.35. The molecule has 0 amide bonds. The molecule has 1 aromatic heterocycles. The number of nitrogens with one attached hydrogen (secondary N) is 1. The van der Waals surface area contributed by atoms with E-state index in [1.165, 1.54) is 0 Å². The molecule has 1 aromatic rings. The van der Waals surface area contributed by atoms with Gasteiger partial charge < -0.3 is 15.2 Å². The van der Waals surface area contributed by atoms with Crippen LogP contribution in [0.4, 0.5) is 0 Å². The summed E-state index contributed by atoms with van der Waals surface area (Å²) in [4.78, 5) is 4.07. The molecular formula is C14H24N2O2. The summed E-state index contributed by atoms with van der Waals surface area (Å²) in [6, 6.07) is 1.77. The molecule has 1 heterocycles. The van der Waals surface area contributed by atoms with Crippen LogP contribution in [0.1, 0.15) is 45.8 Å². The maximum Gasteiger partial charge on any atom is 0.128 e. The number of hydrogen-bond donors (Lipinski definition) is 2. The van der Waals surface area contributed by atoms with Crippen LogP contribution < -0.4 is 10.1 Å². The van der Waals surface area contributed by atoms with Crippen LogP contribution in [0.5, 0.6) is 5.75 Å². The van der Waals surface area contributed by atoms with Crippen LogP contribution >= 0.6 is 0 Å². The van der Waals surface area contributed by atoms with Gasteiger partial charge in [0.25, 0.3) is 0 Å². The Balaban J connectivity index is 2.80. The third kappa shape index (κ3) is 4.27. The Hall–Kier alpha value is -1.13. The summed E-state index contributed by atoms with van der Waals surface area (Å²) in [5.74, 6) is 0.706. The molecule has 0 bridgehead atoms. The van der Waals surface area contributed by atoms with E-state index >= 15 is 0 Å². The largest absolute Gasteiger partial charge is 0.491 e. The Kier molecular flexibility index (Phi) is 6.09. The minimum absolute atomic E-state index is 0.0244. The summed E-state index contributed by atoms with van der Waals surface area (Å²) in [5, 5.41) is 13.6. The van der Waals surface area contributed by atoms with Gasteiger partial charge in [0.15, 0.2) is 0 Å². The predicted octanol–water partition coefficient (Wildman–Crippen LogP) is 2.29. The van der Waals surface area contributed by atoms with Gasteiger partial charge in [-0.3, -0.25) is 4.98 Å². The summed E-state index contributed by atoms with van der Waals surface area (Å²) >= 11 is 0. The highest BCUT2D eigenvalue weighted by Crippen LogP contribution is 2.27. The SMILES string of the molecule is CCCN[C@H](C)C(O)c1cnccc1OC(C)C. The number of pyridine rings is 1. The normalized spacial score (nSPS) is 14.6. The molecule has 2 N–H and O–H groups in total. The second-order valence-corrected chi connectivity index (χ2v) is 4.77. The van der Waals surface area contributed by atoms with Crippen molar-refractivity contribution in [2.24, 2.45) is 0 Å². The first-order valence-electron chi connectivity index (χ1n) is 6.58. The second kappa shape index (κ2) is 7.34. The lowest BCUT2D eigenvalue weighted by atomic mass is 10.0. The van der Waals surface area contributed by atoms with E-state index in [1.807, 2.05) is 20.8 Å². The van der Waals surface area contributed by atoms with Gasteiger partial charge in [-0.2, -0.15) is 0 Å². The van der Waals surface area contributed by atoms with E-state index < -0.39 is 6.10 Å². The molecule has 1 rings (SSSR count). The van der Waals surface area contributed by atoms with E-state index in [0.717, 1.165) is 18.5 Å². The number of ether oxygens (including phenoxy) is 1. The molecule has 18 heavy (non-hydrogen) atoms. The monoisotopic (exact) mass is 252 g/mol. The summed E-state index contributed by atoms with van der Waals surface area (Å²) < 4.78 is 5.69. The van der Waals surface area contributed by atoms with Gasteiger partial charge in [-0.05, 0) is 39.8 Å². The molecule has 1 unspecified atom stereocenters. The fourth-order valence-electron chi connectivity index (χ4n) is 1.73. The zero-order valence-corrected chi connectivity index (χ0v) is 11.7. The highest BCUT2D eigenvalue weighted by atomic mass is 16.5. The number of aliphatic hydroxyl groups excluding tert-OH is 1. The van der Waals surface area contributed by atoms with Gasteiger partial charge in [-0.1, -0.05) is 6.92 Å². The maximum atomic E-state index is 10.3. The Morgan fingerprint density at radius 2 is 2.11 bits per heavy atom. The standard InChI is InChI=1S/C14H24N2O2/c1-5-7-16-11(4)14(17)12-9-15-8-6-13(12)18-10(2)3/h6,8-11,14,16-17H,5,7H2,1-4H3/t11-,14?/m1/s1. The zero-order valence-electron chi connectivity index (χ0n) is 11.7. The smallest absolute Gasteiger partial charge is 0.128 e. The van der Waals surface area contributed by atoms with E-state index in [2.05, 4.69) is 17.2 Å². The third-order valence-electron chi connectivity index (χ3n) is 2.68. The van der Waals surface area contributed by atoms with Crippen molar-refractivity contribution < 1.29 is 9.84 Å². The van der Waals surface area contributed by atoms with Crippen LogP contribution in [-0.2, 0) is 0 Å². The number of aliphatic hydroxyl groups is 1. The number of aromatic nitrogens is 1. The first kappa shape index (κ1) is 14.9. The molecule has 0 spiro atoms. The highest BCUT2D eigenvalue weighted by molar-refractivity contribution is 5.33. The van der Waals surface area contributed by atoms with Crippen LogP contribution in [-0.4, -0.2) is 28.8 Å². The summed E-state index contributed by atoms with van der Waals surface area (Å²) in [6.07, 6.45) is 3.86. The fraction of sp³-hybridized carbons (Fsp3) is 0.643. The van der Waals surface area contributed by atoms with Gasteiger partial charge in [-0.15, -0.1) is 0 Å². The predicted molar refractivity (Wildman–Crippen MR) is 72.7 cm³/mol. The average molecular weight is 252 g/mol. The molecule has 0 aliphatic heterocycles. The Morgan fingerprint density at radius 3 is 2.72 bits per heavy atom. The van der Waals surface area contributed by atoms with Crippen LogP contribution in [0.3, 0.4) is 0 Å². The van der Waals surface area contributed by atoms with Gasteiger partial charge in [0.2, 0.25) is 0 Å². The van der Waals surface area contributed by atoms with Crippen molar-refractivity contribution in [3.8, 4) is 5.75 Å². The first-order valence-corrected chi connectivity index (χ1v) is 6.58. The van der Waals surface area contributed by atoms with Gasteiger partial charge >= 0.3 is 0 Å². The summed E-state index contributed by atoms with van der Waals surface area (Å²) in [5.41, 5.74) is 0.738. The van der Waals surface area contributed by atoms with E-state index in [4.69, 9.17) is 4.74 Å². The minimum atomic E-state index is -0.612. The van der Waals surface area contributed by atoms with Crippen molar-refractivity contribution in [3.05, 3.63) is 24.0 Å². The molecule has 0 saturated carbocycles. The van der Waals surface area contributed by atoms with E-state index in [0.29, 0.717) is 5.75 Å². The Labute approximate surface area is 109 Å². The first-order chi connectivity index (χ1) is 8.56. The molecule has 0 aliphatic rings. The molecule has 0 fully saturated rings. The maximum absolute atomic E-state index is 10.3. The van der Waals surface area contributed by atoms with Crippen LogP contribution in [0.2, 0.25) is 0 Å². The van der Waals surface area contributed by atoms with Gasteiger partial charge in [0.1, 0.15) is 5.75 Å². The number of nitrogens with zero attached hydrogens (tertiary/aromatic N) is 1. The number of hydrogen-bond acceptors (Lipinski definition) is 4. The lowest BCUT2D eigenvalue weighted by Gasteiger charge is -2.23.